The van der Waals surface area contributed by atoms with Gasteiger partial charge >= 0.3 is 0 Å². The first-order valence-corrected chi connectivity index (χ1v) is 8.12. The van der Waals surface area contributed by atoms with E-state index < -0.39 is 0 Å². The minimum absolute atomic E-state index is 0.0447. The number of hydrazone groups is 1. The number of ether oxygens (including phenoxy) is 1. The van der Waals surface area contributed by atoms with Crippen LogP contribution in [0.4, 0.5) is 0 Å². The van der Waals surface area contributed by atoms with Crippen molar-refractivity contribution in [3.63, 3.8) is 0 Å². The molecule has 21 heavy (non-hydrogen) atoms. The molecule has 0 aliphatic carbocycles. The van der Waals surface area contributed by atoms with Crippen LogP contribution in [0.3, 0.4) is 0 Å². The van der Waals surface area contributed by atoms with Crippen LogP contribution in [0.1, 0.15) is 51.0 Å². The molecular weight excluding hydrogens is 332 g/mol. The Morgan fingerprint density at radius 3 is 2.81 bits per heavy atom. The highest BCUT2D eigenvalue weighted by Crippen LogP contribution is 2.21. The summed E-state index contributed by atoms with van der Waals surface area (Å²) < 4.78 is 6.17. The molecule has 0 aliphatic heterocycles. The van der Waals surface area contributed by atoms with E-state index in [2.05, 4.69) is 33.4 Å². The number of nitrogens with zero attached hydrogens (tertiary/aromatic N) is 1. The Morgan fingerprint density at radius 2 is 2.10 bits per heavy atom. The van der Waals surface area contributed by atoms with Crippen molar-refractivity contribution >= 4 is 28.1 Å². The van der Waals surface area contributed by atoms with Gasteiger partial charge in [-0.1, -0.05) is 48.5 Å². The Balaban J connectivity index is 2.37. The van der Waals surface area contributed by atoms with E-state index in [-0.39, 0.29) is 5.91 Å². The molecule has 0 heterocycles. The van der Waals surface area contributed by atoms with Crippen LogP contribution in [0, 0.1) is 0 Å². The summed E-state index contributed by atoms with van der Waals surface area (Å²) in [4.78, 5) is 11.6. The van der Waals surface area contributed by atoms with Crippen molar-refractivity contribution in [3.05, 3.63) is 28.2 Å². The molecule has 0 bridgehead atoms. The molecule has 0 saturated heterocycles. The predicted octanol–water partition coefficient (Wildman–Crippen LogP) is 4.27. The van der Waals surface area contributed by atoms with Crippen LogP contribution in [0.15, 0.2) is 27.8 Å². The lowest BCUT2D eigenvalue weighted by Gasteiger charge is -2.04. The minimum Gasteiger partial charge on any atom is -0.496 e. The van der Waals surface area contributed by atoms with Gasteiger partial charge in [0, 0.05) is 16.5 Å². The van der Waals surface area contributed by atoms with E-state index in [0.29, 0.717) is 6.42 Å². The van der Waals surface area contributed by atoms with Gasteiger partial charge < -0.3 is 4.74 Å². The normalized spacial score (nSPS) is 10.8. The highest BCUT2D eigenvalue weighted by molar-refractivity contribution is 9.10. The van der Waals surface area contributed by atoms with Gasteiger partial charge in [-0.3, -0.25) is 4.79 Å². The monoisotopic (exact) mass is 354 g/mol. The highest BCUT2D eigenvalue weighted by Gasteiger charge is 2.02. The van der Waals surface area contributed by atoms with Crippen LogP contribution in [0.25, 0.3) is 0 Å². The molecule has 0 aliphatic rings. The lowest BCUT2D eigenvalue weighted by molar-refractivity contribution is -0.121. The second-order valence-electron chi connectivity index (χ2n) is 4.84. The van der Waals surface area contributed by atoms with Crippen LogP contribution >= 0.6 is 15.9 Å². The number of hydrogen-bond donors (Lipinski definition) is 1. The highest BCUT2D eigenvalue weighted by atomic mass is 79.9. The molecule has 1 aromatic carbocycles. The molecule has 1 aromatic rings. The van der Waals surface area contributed by atoms with Crippen molar-refractivity contribution in [1.29, 1.82) is 0 Å². The molecule has 1 rings (SSSR count). The molecule has 0 fully saturated rings. The number of carbonyl (C=O) groups excluding carboxylic acids is 1. The Hall–Kier alpha value is -1.36. The molecule has 1 N–H and O–H groups in total. The quantitative estimate of drug-likeness (QED) is 0.409. The van der Waals surface area contributed by atoms with Gasteiger partial charge in [-0.25, -0.2) is 5.43 Å². The van der Waals surface area contributed by atoms with Gasteiger partial charge in [0.25, 0.3) is 0 Å². The summed E-state index contributed by atoms with van der Waals surface area (Å²) in [5, 5.41) is 3.98. The van der Waals surface area contributed by atoms with E-state index >= 15 is 0 Å². The number of carbonyl (C=O) groups is 1. The molecule has 0 unspecified atom stereocenters. The van der Waals surface area contributed by atoms with E-state index in [0.717, 1.165) is 28.6 Å². The number of nitrogens with one attached hydrogen (secondary N) is 1. The molecule has 0 atom stereocenters. The van der Waals surface area contributed by atoms with E-state index in [9.17, 15) is 4.79 Å². The molecule has 1 amide bonds. The fourth-order valence-corrected chi connectivity index (χ4v) is 2.30. The van der Waals surface area contributed by atoms with Crippen molar-refractivity contribution < 1.29 is 9.53 Å². The number of unbranched alkanes of at least 4 members (excludes halogenated alkanes) is 4. The average molecular weight is 355 g/mol. The summed E-state index contributed by atoms with van der Waals surface area (Å²) in [5.41, 5.74) is 3.37. The van der Waals surface area contributed by atoms with Gasteiger partial charge in [-0.2, -0.15) is 5.10 Å². The first-order valence-electron chi connectivity index (χ1n) is 7.32. The van der Waals surface area contributed by atoms with Gasteiger partial charge in [-0.05, 0) is 24.6 Å². The predicted molar refractivity (Wildman–Crippen MR) is 89.8 cm³/mol. The van der Waals surface area contributed by atoms with Crippen molar-refractivity contribution in [2.75, 3.05) is 7.11 Å². The Labute approximate surface area is 135 Å². The lowest BCUT2D eigenvalue weighted by atomic mass is 10.1. The Bertz CT molecular complexity index is 475. The van der Waals surface area contributed by atoms with Crippen molar-refractivity contribution in [2.45, 2.75) is 45.4 Å². The second-order valence-corrected chi connectivity index (χ2v) is 5.76. The lowest BCUT2D eigenvalue weighted by Crippen LogP contribution is -2.16. The first-order chi connectivity index (χ1) is 10.2. The van der Waals surface area contributed by atoms with Gasteiger partial charge in [0.15, 0.2) is 0 Å². The summed E-state index contributed by atoms with van der Waals surface area (Å²) >= 11 is 3.40. The van der Waals surface area contributed by atoms with E-state index in [1.165, 1.54) is 19.3 Å². The van der Waals surface area contributed by atoms with Crippen LogP contribution < -0.4 is 10.2 Å². The van der Waals surface area contributed by atoms with E-state index in [4.69, 9.17) is 4.74 Å². The zero-order chi connectivity index (χ0) is 15.5. The van der Waals surface area contributed by atoms with Crippen molar-refractivity contribution in [2.24, 2.45) is 5.10 Å². The summed E-state index contributed by atoms with van der Waals surface area (Å²) in [6, 6.07) is 5.63. The third-order valence-electron chi connectivity index (χ3n) is 3.09. The summed E-state index contributed by atoms with van der Waals surface area (Å²) in [6.45, 7) is 2.18. The van der Waals surface area contributed by atoms with Crippen LogP contribution in [0.2, 0.25) is 0 Å². The van der Waals surface area contributed by atoms with Crippen molar-refractivity contribution in [1.82, 2.24) is 5.43 Å². The van der Waals surface area contributed by atoms with E-state index in [1.54, 1.807) is 13.3 Å². The second kappa shape index (κ2) is 10.4. The maximum absolute atomic E-state index is 11.6. The first kappa shape index (κ1) is 17.7. The summed E-state index contributed by atoms with van der Waals surface area (Å²) in [7, 11) is 1.61. The third kappa shape index (κ3) is 7.27. The molecule has 4 nitrogen and oxygen atoms in total. The molecule has 116 valence electrons. The third-order valence-corrected chi connectivity index (χ3v) is 3.59. The van der Waals surface area contributed by atoms with Crippen molar-refractivity contribution in [3.8, 4) is 5.75 Å². The Kier molecular flexibility index (Phi) is 8.74. The maximum Gasteiger partial charge on any atom is 0.240 e. The number of methoxy groups -OCH3 is 1. The fourth-order valence-electron chi connectivity index (χ4n) is 1.92. The topological polar surface area (TPSA) is 50.7 Å². The fraction of sp³-hybridized carbons (Fsp3) is 0.500. The minimum atomic E-state index is -0.0447. The summed E-state index contributed by atoms with van der Waals surface area (Å²) in [5.74, 6) is 0.674. The average Bonchev–Trinajstić information content (AvgIpc) is 2.47. The summed E-state index contributed by atoms with van der Waals surface area (Å²) in [6.07, 6.45) is 7.79. The molecule has 0 saturated carbocycles. The molecule has 0 aromatic heterocycles. The van der Waals surface area contributed by atoms with Gasteiger partial charge in [0.1, 0.15) is 5.75 Å². The Morgan fingerprint density at radius 1 is 1.33 bits per heavy atom. The molecule has 0 spiro atoms. The zero-order valence-corrected chi connectivity index (χ0v) is 14.3. The molecule has 5 heteroatoms. The largest absolute Gasteiger partial charge is 0.496 e. The SMILES string of the molecule is CCCCCCCC(=O)NN=Cc1cc(Br)ccc1OC. The molecule has 0 radical (unpaired) electrons. The number of benzene rings is 1. The van der Waals surface area contributed by atoms with Gasteiger partial charge in [0.2, 0.25) is 5.91 Å². The van der Waals surface area contributed by atoms with Gasteiger partial charge in [-0.15, -0.1) is 0 Å². The number of rotatable bonds is 9. The van der Waals surface area contributed by atoms with Crippen LogP contribution in [0.5, 0.6) is 5.75 Å². The number of halogens is 1. The number of hydrogen-bond acceptors (Lipinski definition) is 3. The molecular formula is C16H23BrN2O2. The number of amides is 1. The zero-order valence-electron chi connectivity index (χ0n) is 12.7. The van der Waals surface area contributed by atoms with Crippen LogP contribution in [-0.2, 0) is 4.79 Å². The smallest absolute Gasteiger partial charge is 0.240 e. The van der Waals surface area contributed by atoms with Gasteiger partial charge in [0.05, 0.1) is 13.3 Å². The van der Waals surface area contributed by atoms with Crippen LogP contribution in [-0.4, -0.2) is 19.2 Å². The standard InChI is InChI=1S/C16H23BrN2O2/c1-3-4-5-6-7-8-16(20)19-18-12-13-11-14(17)9-10-15(13)21-2/h9-12H,3-8H2,1-2H3,(H,19,20). The maximum atomic E-state index is 11.6. The van der Waals surface area contributed by atoms with E-state index in [1.807, 2.05) is 18.2 Å².